The van der Waals surface area contributed by atoms with E-state index >= 15 is 0 Å². The molecule has 6 nitrogen and oxygen atoms in total. The van der Waals surface area contributed by atoms with E-state index in [1.54, 1.807) is 18.2 Å². The van der Waals surface area contributed by atoms with Crippen LogP contribution in [-0.4, -0.2) is 36.0 Å². The van der Waals surface area contributed by atoms with Gasteiger partial charge in [0.1, 0.15) is 5.60 Å². The summed E-state index contributed by atoms with van der Waals surface area (Å²) in [6.07, 6.45) is 3.23. The van der Waals surface area contributed by atoms with Gasteiger partial charge in [-0.15, -0.1) is 11.3 Å². The quantitative estimate of drug-likeness (QED) is 0.638. The van der Waals surface area contributed by atoms with Crippen LogP contribution in [0.25, 0.3) is 0 Å². The van der Waals surface area contributed by atoms with Crippen LogP contribution >= 0.6 is 11.3 Å². The molecule has 0 saturated carbocycles. The molecule has 1 aromatic heterocycles. The Morgan fingerprint density at radius 3 is 2.71 bits per heavy atom. The number of hydrogen-bond acceptors (Lipinski definition) is 5. The number of aryl methyl sites for hydroxylation is 1. The van der Waals surface area contributed by atoms with Crippen molar-refractivity contribution in [1.29, 1.82) is 0 Å². The number of amides is 3. The Bertz CT molecular complexity index is 998. The molecule has 3 aliphatic heterocycles. The van der Waals surface area contributed by atoms with Crippen molar-refractivity contribution >= 4 is 34.7 Å². The molecule has 28 heavy (non-hydrogen) atoms. The van der Waals surface area contributed by atoms with Gasteiger partial charge in [0.05, 0.1) is 35.0 Å². The van der Waals surface area contributed by atoms with E-state index in [1.807, 2.05) is 42.7 Å². The molecular formula is C21H18N2O4S. The Balaban J connectivity index is 1.42. The first-order chi connectivity index (χ1) is 13.5. The van der Waals surface area contributed by atoms with E-state index in [9.17, 15) is 14.4 Å². The third-order valence-electron chi connectivity index (χ3n) is 5.72. The van der Waals surface area contributed by atoms with Gasteiger partial charge in [0, 0.05) is 0 Å². The SMILES string of the molecule is Cc1ccc(N2C(=O)C3C4C=CC(CNC(=O)c5cccs5)(O4)C3C2=O)cc1. The molecule has 2 saturated heterocycles. The van der Waals surface area contributed by atoms with Crippen LogP contribution in [0.4, 0.5) is 5.69 Å². The highest BCUT2D eigenvalue weighted by Gasteiger charge is 2.67. The molecule has 4 heterocycles. The number of rotatable bonds is 4. The molecular weight excluding hydrogens is 376 g/mol. The largest absolute Gasteiger partial charge is 0.360 e. The van der Waals surface area contributed by atoms with Gasteiger partial charge in [0.15, 0.2) is 0 Å². The summed E-state index contributed by atoms with van der Waals surface area (Å²) in [5.74, 6) is -1.88. The van der Waals surface area contributed by atoms with Crippen molar-refractivity contribution in [3.63, 3.8) is 0 Å². The fraction of sp³-hybridized carbons (Fsp3) is 0.286. The summed E-state index contributed by atoms with van der Waals surface area (Å²) in [4.78, 5) is 40.5. The molecule has 4 unspecified atom stereocenters. The maximum Gasteiger partial charge on any atom is 0.261 e. The van der Waals surface area contributed by atoms with Crippen LogP contribution in [0.1, 0.15) is 15.2 Å². The zero-order valence-corrected chi connectivity index (χ0v) is 15.9. The smallest absolute Gasteiger partial charge is 0.261 e. The van der Waals surface area contributed by atoms with Crippen molar-refractivity contribution in [1.82, 2.24) is 5.32 Å². The highest BCUT2D eigenvalue weighted by Crippen LogP contribution is 2.52. The van der Waals surface area contributed by atoms with Crippen molar-refractivity contribution in [2.24, 2.45) is 11.8 Å². The fourth-order valence-electron chi connectivity index (χ4n) is 4.37. The lowest BCUT2D eigenvalue weighted by molar-refractivity contribution is -0.126. The second-order valence-corrected chi connectivity index (χ2v) is 8.36. The molecule has 1 N–H and O–H groups in total. The Morgan fingerprint density at radius 1 is 1.21 bits per heavy atom. The predicted molar refractivity (Wildman–Crippen MR) is 104 cm³/mol. The minimum atomic E-state index is -0.978. The highest BCUT2D eigenvalue weighted by molar-refractivity contribution is 7.12. The highest BCUT2D eigenvalue weighted by atomic mass is 32.1. The number of nitrogens with one attached hydrogen (secondary N) is 1. The first-order valence-electron chi connectivity index (χ1n) is 9.13. The number of carbonyl (C=O) groups excluding carboxylic acids is 3. The van der Waals surface area contributed by atoms with Gasteiger partial charge < -0.3 is 10.1 Å². The number of benzene rings is 1. The Labute approximate surface area is 165 Å². The van der Waals surface area contributed by atoms with Gasteiger partial charge in [0.25, 0.3) is 5.91 Å². The topological polar surface area (TPSA) is 75.7 Å². The number of hydrogen-bond donors (Lipinski definition) is 1. The third-order valence-corrected chi connectivity index (χ3v) is 6.59. The molecule has 1 aromatic carbocycles. The normalized spacial score (nSPS) is 30.2. The van der Waals surface area contributed by atoms with E-state index in [4.69, 9.17) is 4.74 Å². The van der Waals surface area contributed by atoms with Crippen molar-refractivity contribution < 1.29 is 19.1 Å². The van der Waals surface area contributed by atoms with Crippen LogP contribution in [0, 0.1) is 18.8 Å². The van der Waals surface area contributed by atoms with Crippen molar-refractivity contribution in [3.8, 4) is 0 Å². The van der Waals surface area contributed by atoms with Crippen LogP contribution in [0.15, 0.2) is 53.9 Å². The molecule has 142 valence electrons. The number of nitrogens with zero attached hydrogens (tertiary/aromatic N) is 1. The van der Waals surface area contributed by atoms with E-state index in [-0.39, 0.29) is 24.3 Å². The first kappa shape index (κ1) is 17.3. The Kier molecular flexibility index (Phi) is 3.79. The van der Waals surface area contributed by atoms with Crippen LogP contribution in [-0.2, 0) is 14.3 Å². The third kappa shape index (κ3) is 2.40. The van der Waals surface area contributed by atoms with Crippen LogP contribution in [0.2, 0.25) is 0 Å². The molecule has 0 spiro atoms. The lowest BCUT2D eigenvalue weighted by atomic mass is 9.77. The van der Waals surface area contributed by atoms with Crippen LogP contribution < -0.4 is 10.2 Å². The Hall–Kier alpha value is -2.77. The van der Waals surface area contributed by atoms with Gasteiger partial charge in [-0.1, -0.05) is 35.9 Å². The van der Waals surface area contributed by atoms with E-state index < -0.39 is 23.5 Å². The molecule has 7 heteroatoms. The predicted octanol–water partition coefficient (Wildman–Crippen LogP) is 2.30. The van der Waals surface area contributed by atoms with E-state index in [0.717, 1.165) is 5.56 Å². The van der Waals surface area contributed by atoms with Gasteiger partial charge >= 0.3 is 0 Å². The standard InChI is InChI=1S/C21H18N2O4S/c1-12-4-6-13(7-5-12)23-19(25)16-14-8-9-21(27-14,17(16)20(23)26)11-22-18(24)15-3-2-10-28-15/h2-10,14,16-17H,11H2,1H3,(H,22,24). The first-order valence-corrected chi connectivity index (χ1v) is 10.0. The summed E-state index contributed by atoms with van der Waals surface area (Å²) in [5, 5.41) is 4.70. The summed E-state index contributed by atoms with van der Waals surface area (Å²) < 4.78 is 6.05. The second kappa shape index (κ2) is 6.12. The number of imide groups is 1. The van der Waals surface area contributed by atoms with Gasteiger partial charge in [-0.05, 0) is 30.5 Å². The minimum absolute atomic E-state index is 0.151. The maximum atomic E-state index is 13.2. The van der Waals surface area contributed by atoms with Crippen molar-refractivity contribution in [3.05, 3.63) is 64.4 Å². The van der Waals surface area contributed by atoms with Gasteiger partial charge in [0.2, 0.25) is 11.8 Å². The number of carbonyl (C=O) groups is 3. The summed E-state index contributed by atoms with van der Waals surface area (Å²) in [7, 11) is 0. The van der Waals surface area contributed by atoms with Crippen LogP contribution in [0.3, 0.4) is 0 Å². The second-order valence-electron chi connectivity index (χ2n) is 7.41. The molecule has 3 aliphatic rings. The average Bonchev–Trinajstić information content (AvgIpc) is 3.45. The van der Waals surface area contributed by atoms with E-state index in [1.165, 1.54) is 16.2 Å². The maximum absolute atomic E-state index is 13.2. The minimum Gasteiger partial charge on any atom is -0.360 e. The lowest BCUT2D eigenvalue weighted by Crippen LogP contribution is -2.48. The van der Waals surface area contributed by atoms with Crippen LogP contribution in [0.5, 0.6) is 0 Å². The number of anilines is 1. The molecule has 2 bridgehead atoms. The number of ether oxygens (including phenoxy) is 1. The summed E-state index contributed by atoms with van der Waals surface area (Å²) in [6.45, 7) is 2.11. The molecule has 5 rings (SSSR count). The lowest BCUT2D eigenvalue weighted by Gasteiger charge is -2.29. The zero-order valence-electron chi connectivity index (χ0n) is 15.1. The zero-order chi connectivity index (χ0) is 19.5. The molecule has 0 radical (unpaired) electrons. The molecule has 3 amide bonds. The Morgan fingerprint density at radius 2 is 2.00 bits per heavy atom. The molecule has 2 aromatic rings. The van der Waals surface area contributed by atoms with Crippen molar-refractivity contribution in [2.45, 2.75) is 18.6 Å². The monoisotopic (exact) mass is 394 g/mol. The summed E-state index contributed by atoms with van der Waals surface area (Å²) in [5.41, 5.74) is 0.655. The van der Waals surface area contributed by atoms with Crippen molar-refractivity contribution in [2.75, 3.05) is 11.4 Å². The van der Waals surface area contributed by atoms with Gasteiger partial charge in [-0.25, -0.2) is 4.90 Å². The van der Waals surface area contributed by atoms with E-state index in [2.05, 4.69) is 5.32 Å². The summed E-state index contributed by atoms with van der Waals surface area (Å²) in [6, 6.07) is 10.9. The fourth-order valence-corrected chi connectivity index (χ4v) is 5.01. The summed E-state index contributed by atoms with van der Waals surface area (Å²) >= 11 is 1.35. The number of thiophene rings is 1. The molecule has 2 fully saturated rings. The molecule has 0 aliphatic carbocycles. The average molecular weight is 394 g/mol. The van der Waals surface area contributed by atoms with Gasteiger partial charge in [-0.2, -0.15) is 0 Å². The van der Waals surface area contributed by atoms with E-state index in [0.29, 0.717) is 10.6 Å². The van der Waals surface area contributed by atoms with Gasteiger partial charge in [-0.3, -0.25) is 14.4 Å². The molecule has 4 atom stereocenters. The number of fused-ring (bicyclic) bond motifs is 5.